The van der Waals surface area contributed by atoms with Gasteiger partial charge in [-0.3, -0.25) is 19.8 Å². The zero-order valence-corrected chi connectivity index (χ0v) is 15.9. The predicted octanol–water partition coefficient (Wildman–Crippen LogP) is 3.62. The number of nitro groups is 1. The van der Waals surface area contributed by atoms with Crippen molar-refractivity contribution < 1.29 is 24.7 Å². The van der Waals surface area contributed by atoms with E-state index >= 15 is 0 Å². The van der Waals surface area contributed by atoms with E-state index in [1.807, 2.05) is 0 Å². The molecule has 10 heteroatoms. The van der Waals surface area contributed by atoms with Gasteiger partial charge >= 0.3 is 11.7 Å². The molecule has 1 aliphatic heterocycles. The number of thioether (sulfide) groups is 1. The number of nitro benzene ring substituents is 1. The number of likely N-dealkylation sites (N-methyl/N-ethyl adjacent to an activating group) is 1. The van der Waals surface area contributed by atoms with E-state index in [0.717, 1.165) is 11.8 Å². The van der Waals surface area contributed by atoms with Crippen LogP contribution in [0.1, 0.15) is 22.8 Å². The van der Waals surface area contributed by atoms with Gasteiger partial charge in [-0.15, -0.1) is 0 Å². The maximum atomic E-state index is 12.7. The molecule has 0 aromatic heterocycles. The lowest BCUT2D eigenvalue weighted by Crippen LogP contribution is -2.28. The fourth-order valence-electron chi connectivity index (χ4n) is 2.59. The quantitative estimate of drug-likeness (QED) is 0.434. The number of aliphatic imine (C=N–C) groups is 1. The Morgan fingerprint density at radius 2 is 1.97 bits per heavy atom. The SMILES string of the molecule is CCN1C(=O)C(=Cc2ccc(O)c([N+](=O)[O-])c2)SC1=Nc1ccc(C(=O)O)cc1. The molecular weight excluding hydrogens is 398 g/mol. The summed E-state index contributed by atoms with van der Waals surface area (Å²) in [4.78, 5) is 40.1. The molecule has 29 heavy (non-hydrogen) atoms. The second kappa shape index (κ2) is 8.15. The largest absolute Gasteiger partial charge is 0.502 e. The number of carboxylic acids is 1. The summed E-state index contributed by atoms with van der Waals surface area (Å²) < 4.78 is 0. The molecule has 2 aromatic carbocycles. The zero-order valence-electron chi connectivity index (χ0n) is 15.1. The number of hydrogen-bond donors (Lipinski definition) is 2. The number of benzene rings is 2. The molecule has 2 N–H and O–H groups in total. The van der Waals surface area contributed by atoms with Crippen LogP contribution < -0.4 is 0 Å². The van der Waals surface area contributed by atoms with Gasteiger partial charge in [0, 0.05) is 12.6 Å². The monoisotopic (exact) mass is 413 g/mol. The van der Waals surface area contributed by atoms with E-state index in [4.69, 9.17) is 5.11 Å². The number of nitrogens with zero attached hydrogens (tertiary/aromatic N) is 3. The van der Waals surface area contributed by atoms with Gasteiger partial charge in [-0.2, -0.15) is 0 Å². The number of carbonyl (C=O) groups is 2. The van der Waals surface area contributed by atoms with Gasteiger partial charge in [0.15, 0.2) is 10.9 Å². The van der Waals surface area contributed by atoms with Crippen LogP contribution in [-0.2, 0) is 4.79 Å². The molecule has 1 fully saturated rings. The van der Waals surface area contributed by atoms with Crippen molar-refractivity contribution in [3.05, 3.63) is 68.6 Å². The van der Waals surface area contributed by atoms with Gasteiger partial charge in [0.1, 0.15) is 0 Å². The minimum atomic E-state index is -1.04. The normalized spacial score (nSPS) is 16.6. The topological polar surface area (TPSA) is 133 Å². The highest BCUT2D eigenvalue weighted by molar-refractivity contribution is 8.18. The lowest BCUT2D eigenvalue weighted by Gasteiger charge is -2.12. The number of carboxylic acid groups (broad SMARTS) is 1. The van der Waals surface area contributed by atoms with Gasteiger partial charge in [-0.25, -0.2) is 9.79 Å². The van der Waals surface area contributed by atoms with Crippen LogP contribution in [0, 0.1) is 10.1 Å². The smallest absolute Gasteiger partial charge is 0.335 e. The molecule has 1 aliphatic rings. The van der Waals surface area contributed by atoms with Crippen LogP contribution >= 0.6 is 11.8 Å². The van der Waals surface area contributed by atoms with Gasteiger partial charge in [-0.1, -0.05) is 6.07 Å². The minimum absolute atomic E-state index is 0.131. The van der Waals surface area contributed by atoms with Gasteiger partial charge in [0.2, 0.25) is 0 Å². The van der Waals surface area contributed by atoms with Crippen LogP contribution in [0.4, 0.5) is 11.4 Å². The van der Waals surface area contributed by atoms with Gasteiger partial charge in [0.25, 0.3) is 5.91 Å². The average molecular weight is 413 g/mol. The molecule has 9 nitrogen and oxygen atoms in total. The Hall–Kier alpha value is -3.66. The van der Waals surface area contributed by atoms with E-state index in [-0.39, 0.29) is 11.5 Å². The van der Waals surface area contributed by atoms with Crippen molar-refractivity contribution in [3.8, 4) is 5.75 Å². The van der Waals surface area contributed by atoms with Crippen LogP contribution in [0.3, 0.4) is 0 Å². The number of rotatable bonds is 5. The third-order valence-electron chi connectivity index (χ3n) is 4.04. The van der Waals surface area contributed by atoms with E-state index in [9.17, 15) is 24.8 Å². The third-order valence-corrected chi connectivity index (χ3v) is 5.04. The Morgan fingerprint density at radius 1 is 1.28 bits per heavy atom. The first-order valence-electron chi connectivity index (χ1n) is 8.41. The number of aromatic carboxylic acids is 1. The van der Waals surface area contributed by atoms with Crippen LogP contribution in [-0.4, -0.2) is 43.6 Å². The first kappa shape index (κ1) is 20.1. The summed E-state index contributed by atoms with van der Waals surface area (Å²) in [7, 11) is 0. The molecule has 2 aromatic rings. The van der Waals surface area contributed by atoms with Crippen molar-refractivity contribution in [1.82, 2.24) is 4.90 Å². The van der Waals surface area contributed by atoms with E-state index in [1.54, 1.807) is 19.1 Å². The first-order chi connectivity index (χ1) is 13.8. The third kappa shape index (κ3) is 4.27. The molecular formula is C19H15N3O6S. The molecule has 0 unspecified atom stereocenters. The summed E-state index contributed by atoms with van der Waals surface area (Å²) in [6, 6.07) is 9.79. The van der Waals surface area contributed by atoms with E-state index in [0.29, 0.717) is 27.9 Å². The van der Waals surface area contributed by atoms with E-state index < -0.39 is 22.3 Å². The lowest BCUT2D eigenvalue weighted by molar-refractivity contribution is -0.385. The molecule has 0 atom stereocenters. The van der Waals surface area contributed by atoms with Crippen molar-refractivity contribution in [2.24, 2.45) is 4.99 Å². The molecule has 0 aliphatic carbocycles. The van der Waals surface area contributed by atoms with Crippen molar-refractivity contribution in [2.45, 2.75) is 6.92 Å². The Bertz CT molecular complexity index is 1060. The summed E-state index contributed by atoms with van der Waals surface area (Å²) >= 11 is 1.11. The Morgan fingerprint density at radius 3 is 2.55 bits per heavy atom. The standard InChI is InChI=1S/C19H15N3O6S/c1-2-21-17(24)16(10-11-3-8-15(23)14(9-11)22(27)28)29-19(21)20-13-6-4-12(5-7-13)18(25)26/h3-10,23H,2H2,1H3,(H,25,26). The molecule has 1 saturated heterocycles. The summed E-state index contributed by atoms with van der Waals surface area (Å²) in [6.45, 7) is 2.15. The maximum absolute atomic E-state index is 12.7. The number of phenols is 1. The average Bonchev–Trinajstić information content (AvgIpc) is 2.97. The fraction of sp³-hybridized carbons (Fsp3) is 0.105. The second-order valence-electron chi connectivity index (χ2n) is 5.91. The number of amidine groups is 1. The Kier molecular flexibility index (Phi) is 5.64. The van der Waals surface area contributed by atoms with Crippen molar-refractivity contribution in [2.75, 3.05) is 6.54 Å². The number of phenolic OH excluding ortho intramolecular Hbond substituents is 1. The number of hydrogen-bond acceptors (Lipinski definition) is 7. The maximum Gasteiger partial charge on any atom is 0.335 e. The highest BCUT2D eigenvalue weighted by atomic mass is 32.2. The van der Waals surface area contributed by atoms with E-state index in [2.05, 4.69) is 4.99 Å². The summed E-state index contributed by atoms with van der Waals surface area (Å²) in [5.74, 6) is -1.79. The van der Waals surface area contributed by atoms with Crippen LogP contribution in [0.5, 0.6) is 5.75 Å². The highest BCUT2D eigenvalue weighted by Crippen LogP contribution is 2.35. The van der Waals surface area contributed by atoms with Gasteiger partial charge in [0.05, 0.1) is 21.1 Å². The molecule has 1 amide bonds. The minimum Gasteiger partial charge on any atom is -0.502 e. The Balaban J connectivity index is 1.92. The summed E-state index contributed by atoms with van der Waals surface area (Å²) in [5.41, 5.74) is 0.569. The molecule has 0 saturated carbocycles. The molecule has 0 radical (unpaired) electrons. The van der Waals surface area contributed by atoms with Gasteiger partial charge in [-0.05, 0) is 60.7 Å². The van der Waals surface area contributed by atoms with Crippen LogP contribution in [0.25, 0.3) is 6.08 Å². The predicted molar refractivity (Wildman–Crippen MR) is 108 cm³/mol. The first-order valence-corrected chi connectivity index (χ1v) is 9.22. The summed E-state index contributed by atoms with van der Waals surface area (Å²) in [6.07, 6.45) is 1.50. The fourth-order valence-corrected chi connectivity index (χ4v) is 3.65. The van der Waals surface area contributed by atoms with Gasteiger partial charge < -0.3 is 10.2 Å². The summed E-state index contributed by atoms with van der Waals surface area (Å²) in [5, 5.41) is 29.9. The molecule has 148 valence electrons. The van der Waals surface area contributed by atoms with Crippen LogP contribution in [0.2, 0.25) is 0 Å². The zero-order chi connectivity index (χ0) is 21.1. The Labute approximate surface area is 169 Å². The number of amides is 1. The number of carbonyl (C=O) groups excluding carboxylic acids is 1. The molecule has 1 heterocycles. The van der Waals surface area contributed by atoms with Crippen LogP contribution in [0.15, 0.2) is 52.4 Å². The van der Waals surface area contributed by atoms with Crippen molar-refractivity contribution in [3.63, 3.8) is 0 Å². The van der Waals surface area contributed by atoms with E-state index in [1.165, 1.54) is 41.3 Å². The van der Waals surface area contributed by atoms with Crippen molar-refractivity contribution in [1.29, 1.82) is 0 Å². The molecule has 0 spiro atoms. The second-order valence-corrected chi connectivity index (χ2v) is 6.92. The lowest BCUT2D eigenvalue weighted by atomic mass is 10.1. The highest BCUT2D eigenvalue weighted by Gasteiger charge is 2.32. The molecule has 0 bridgehead atoms. The molecule has 3 rings (SSSR count). The van der Waals surface area contributed by atoms with Crippen molar-refractivity contribution >= 4 is 46.3 Å². The number of aromatic hydroxyl groups is 1.